The van der Waals surface area contributed by atoms with Crippen molar-refractivity contribution in [2.75, 3.05) is 20.8 Å². The maximum atomic E-state index is 12.0. The van der Waals surface area contributed by atoms with Crippen LogP contribution in [0.1, 0.15) is 25.0 Å². The fourth-order valence-corrected chi connectivity index (χ4v) is 1.89. The van der Waals surface area contributed by atoms with Gasteiger partial charge in [0.1, 0.15) is 23.6 Å². The second-order valence-electron chi connectivity index (χ2n) is 5.43. The van der Waals surface area contributed by atoms with E-state index in [-0.39, 0.29) is 23.6 Å². The third kappa shape index (κ3) is 7.68. The molecular formula is C18H21F3N2O5. The number of carbonyl (C=O) groups excluding carboxylic acids is 1. The summed E-state index contributed by atoms with van der Waals surface area (Å²) in [5.74, 6) is -0.584. The molecular weight excluding hydrogens is 381 g/mol. The van der Waals surface area contributed by atoms with Gasteiger partial charge in [-0.15, -0.1) is 0 Å². The fraction of sp³-hybridized carbons (Fsp3) is 0.389. The molecule has 0 saturated carbocycles. The number of nitrogens with zero attached hydrogens (tertiary/aromatic N) is 2. The van der Waals surface area contributed by atoms with E-state index < -0.39 is 18.8 Å². The first-order chi connectivity index (χ1) is 13.2. The second kappa shape index (κ2) is 11.0. The van der Waals surface area contributed by atoms with Crippen molar-refractivity contribution in [2.45, 2.75) is 26.6 Å². The van der Waals surface area contributed by atoms with Crippen molar-refractivity contribution in [2.24, 2.45) is 10.3 Å². The smallest absolute Gasteiger partial charge is 0.425 e. The number of hydrogen-bond acceptors (Lipinski definition) is 7. The summed E-state index contributed by atoms with van der Waals surface area (Å²) in [4.78, 5) is 21.4. The number of oxime groups is 2. The highest BCUT2D eigenvalue weighted by Gasteiger charge is 2.28. The Labute approximate surface area is 160 Å². The van der Waals surface area contributed by atoms with E-state index >= 15 is 0 Å². The van der Waals surface area contributed by atoms with Crippen LogP contribution in [0.2, 0.25) is 0 Å². The fourth-order valence-electron chi connectivity index (χ4n) is 1.89. The van der Waals surface area contributed by atoms with E-state index in [1.54, 1.807) is 24.3 Å². The number of alkyl halides is 3. The summed E-state index contributed by atoms with van der Waals surface area (Å²) < 4.78 is 45.8. The van der Waals surface area contributed by atoms with Crippen LogP contribution < -0.4 is 0 Å². The number of rotatable bonds is 9. The first-order valence-electron chi connectivity index (χ1n) is 7.99. The summed E-state index contributed by atoms with van der Waals surface area (Å²) in [5, 5.41) is 7.14. The maximum absolute atomic E-state index is 12.0. The lowest BCUT2D eigenvalue weighted by atomic mass is 10.0. The van der Waals surface area contributed by atoms with Gasteiger partial charge in [-0.1, -0.05) is 34.6 Å². The van der Waals surface area contributed by atoms with Crippen molar-refractivity contribution >= 4 is 23.0 Å². The molecule has 0 spiro atoms. The minimum Gasteiger partial charge on any atom is -0.503 e. The summed E-state index contributed by atoms with van der Waals surface area (Å²) in [6.45, 7) is 1.44. The van der Waals surface area contributed by atoms with E-state index in [9.17, 15) is 18.0 Å². The zero-order chi connectivity index (χ0) is 21.2. The largest absolute Gasteiger partial charge is 0.503 e. The number of hydrogen-bond donors (Lipinski definition) is 0. The Morgan fingerprint density at radius 2 is 1.68 bits per heavy atom. The molecule has 154 valence electrons. The van der Waals surface area contributed by atoms with Crippen LogP contribution in [0, 0.1) is 0 Å². The van der Waals surface area contributed by atoms with Crippen LogP contribution in [0.15, 0.2) is 40.8 Å². The normalized spacial score (nSPS) is 13.2. The highest BCUT2D eigenvalue weighted by Crippen LogP contribution is 2.21. The zero-order valence-electron chi connectivity index (χ0n) is 15.9. The second-order valence-corrected chi connectivity index (χ2v) is 5.43. The molecule has 28 heavy (non-hydrogen) atoms. The number of ether oxygens (including phenoxy) is 2. The SMILES string of the molecule is COC=C(C(=O)OC)c1ccccc1CON=C(C)C(C)=NOCC(F)(F)F. The monoisotopic (exact) mass is 402 g/mol. The lowest BCUT2D eigenvalue weighted by Crippen LogP contribution is -2.16. The average molecular weight is 402 g/mol. The first-order valence-corrected chi connectivity index (χ1v) is 7.99. The van der Waals surface area contributed by atoms with Gasteiger partial charge in [0.15, 0.2) is 0 Å². The quantitative estimate of drug-likeness (QED) is 0.207. The van der Waals surface area contributed by atoms with E-state index in [1.807, 2.05) is 0 Å². The third-order valence-electron chi connectivity index (χ3n) is 3.32. The molecule has 10 heteroatoms. The topological polar surface area (TPSA) is 78.7 Å². The number of halogens is 3. The van der Waals surface area contributed by atoms with Gasteiger partial charge in [0.25, 0.3) is 0 Å². The van der Waals surface area contributed by atoms with Gasteiger partial charge in [-0.05, 0) is 19.4 Å². The Morgan fingerprint density at radius 3 is 2.25 bits per heavy atom. The zero-order valence-corrected chi connectivity index (χ0v) is 15.9. The van der Waals surface area contributed by atoms with Gasteiger partial charge in [-0.25, -0.2) is 4.79 Å². The maximum Gasteiger partial charge on any atom is 0.425 e. The van der Waals surface area contributed by atoms with Gasteiger partial charge in [0, 0.05) is 5.56 Å². The molecule has 0 aliphatic carbocycles. The third-order valence-corrected chi connectivity index (χ3v) is 3.32. The Morgan fingerprint density at radius 1 is 1.07 bits per heavy atom. The van der Waals surface area contributed by atoms with Gasteiger partial charge in [-0.3, -0.25) is 0 Å². The van der Waals surface area contributed by atoms with Crippen LogP contribution in [0.3, 0.4) is 0 Å². The van der Waals surface area contributed by atoms with Crippen molar-refractivity contribution in [3.63, 3.8) is 0 Å². The minimum atomic E-state index is -4.47. The van der Waals surface area contributed by atoms with Crippen LogP contribution >= 0.6 is 0 Å². The average Bonchev–Trinajstić information content (AvgIpc) is 2.64. The molecule has 0 aliphatic rings. The Kier molecular flexibility index (Phi) is 9.00. The lowest BCUT2D eigenvalue weighted by molar-refractivity contribution is -0.173. The van der Waals surface area contributed by atoms with Crippen molar-refractivity contribution in [3.8, 4) is 0 Å². The van der Waals surface area contributed by atoms with Crippen LogP contribution in [0.4, 0.5) is 13.2 Å². The number of esters is 1. The molecule has 0 atom stereocenters. The van der Waals surface area contributed by atoms with Crippen LogP contribution in [0.5, 0.6) is 0 Å². The van der Waals surface area contributed by atoms with E-state index in [2.05, 4.69) is 15.1 Å². The molecule has 0 aromatic heterocycles. The number of benzene rings is 1. The molecule has 0 unspecified atom stereocenters. The van der Waals surface area contributed by atoms with Crippen LogP contribution in [0.25, 0.3) is 5.57 Å². The molecule has 0 bridgehead atoms. The van der Waals surface area contributed by atoms with Gasteiger partial charge in [-0.2, -0.15) is 13.2 Å². The van der Waals surface area contributed by atoms with Crippen LogP contribution in [-0.4, -0.2) is 44.4 Å². The van der Waals surface area contributed by atoms with Gasteiger partial charge < -0.3 is 19.1 Å². The number of carbonyl (C=O) groups is 1. The van der Waals surface area contributed by atoms with Gasteiger partial charge >= 0.3 is 12.1 Å². The Hall–Kier alpha value is -3.04. The minimum absolute atomic E-state index is 0.0117. The summed E-state index contributed by atoms with van der Waals surface area (Å²) >= 11 is 0. The Bertz CT molecular complexity index is 758. The molecule has 0 N–H and O–H groups in total. The molecule has 1 aromatic rings. The molecule has 0 fully saturated rings. The Balaban J connectivity index is 2.85. The molecule has 0 saturated heterocycles. The predicted molar refractivity (Wildman–Crippen MR) is 96.5 cm³/mol. The summed E-state index contributed by atoms with van der Waals surface area (Å²) in [7, 11) is 2.65. The van der Waals surface area contributed by atoms with Gasteiger partial charge in [0.05, 0.1) is 20.5 Å². The van der Waals surface area contributed by atoms with Crippen molar-refractivity contribution < 1.29 is 37.1 Å². The lowest BCUT2D eigenvalue weighted by Gasteiger charge is -2.11. The van der Waals surface area contributed by atoms with E-state index in [0.29, 0.717) is 11.1 Å². The molecule has 1 aromatic carbocycles. The molecule has 0 amide bonds. The van der Waals surface area contributed by atoms with Crippen molar-refractivity contribution in [1.82, 2.24) is 0 Å². The number of methoxy groups -OCH3 is 2. The summed E-state index contributed by atoms with van der Waals surface area (Å²) in [5.41, 5.74) is 1.72. The molecule has 0 aliphatic heterocycles. The highest BCUT2D eigenvalue weighted by atomic mass is 19.4. The van der Waals surface area contributed by atoms with Crippen LogP contribution in [-0.2, 0) is 30.6 Å². The summed E-state index contributed by atoms with van der Waals surface area (Å²) in [6, 6.07) is 6.89. The molecule has 1 rings (SSSR count). The standard InChI is InChI=1S/C18H21F3N2O5/c1-12(13(2)23-28-11-18(19,20)21)22-27-9-14-7-5-6-8-15(14)16(10-25-3)17(24)26-4/h5-8,10H,9,11H2,1-4H3. The highest BCUT2D eigenvalue weighted by molar-refractivity contribution is 6.40. The first kappa shape index (κ1) is 23.0. The van der Waals surface area contributed by atoms with Crippen molar-refractivity contribution in [1.29, 1.82) is 0 Å². The molecule has 0 heterocycles. The van der Waals surface area contributed by atoms with E-state index in [4.69, 9.17) is 14.3 Å². The molecule has 7 nitrogen and oxygen atoms in total. The van der Waals surface area contributed by atoms with Crippen molar-refractivity contribution in [3.05, 3.63) is 41.7 Å². The summed E-state index contributed by atoms with van der Waals surface area (Å²) in [6.07, 6.45) is -3.21. The molecule has 0 radical (unpaired) electrons. The van der Waals surface area contributed by atoms with E-state index in [1.165, 1.54) is 34.3 Å². The predicted octanol–water partition coefficient (Wildman–Crippen LogP) is 3.69. The van der Waals surface area contributed by atoms with E-state index in [0.717, 1.165) is 0 Å². The van der Waals surface area contributed by atoms with Gasteiger partial charge in [0.2, 0.25) is 6.61 Å².